The average Bonchev–Trinajstić information content (AvgIpc) is 2.38. The number of hydrogen-bond donors (Lipinski definition) is 1. The highest BCUT2D eigenvalue weighted by atomic mass is 35.5. The lowest BCUT2D eigenvalue weighted by Gasteiger charge is -2.12. The number of aryl methyl sites for hydroxylation is 1. The first kappa shape index (κ1) is 15.2. The maximum atomic E-state index is 6.11. The summed E-state index contributed by atoms with van der Waals surface area (Å²) in [6.07, 6.45) is 0. The normalized spacial score (nSPS) is 10.4. The molecule has 0 unspecified atom stereocenters. The summed E-state index contributed by atoms with van der Waals surface area (Å²) >= 11 is 18.1. The number of halogens is 3. The van der Waals surface area contributed by atoms with E-state index in [2.05, 4.69) is 10.3 Å². The standard InChI is InChI=1S/C14H13Cl3N2O/c1-3-18-13-10(16)7-11(17)14(19-13)20-12-5-4-9(15)6-8(12)2/h4-7H,3H2,1-2H3,(H,18,19). The van der Waals surface area contributed by atoms with Gasteiger partial charge in [-0.15, -0.1) is 0 Å². The van der Waals surface area contributed by atoms with Crippen LogP contribution in [-0.2, 0) is 0 Å². The summed E-state index contributed by atoms with van der Waals surface area (Å²) in [6.45, 7) is 4.56. The maximum absolute atomic E-state index is 6.11. The van der Waals surface area contributed by atoms with E-state index in [1.807, 2.05) is 19.9 Å². The first-order chi connectivity index (χ1) is 9.51. The zero-order chi connectivity index (χ0) is 14.7. The number of pyridine rings is 1. The van der Waals surface area contributed by atoms with Crippen molar-refractivity contribution in [2.75, 3.05) is 11.9 Å². The van der Waals surface area contributed by atoms with E-state index in [1.54, 1.807) is 18.2 Å². The minimum atomic E-state index is 0.303. The van der Waals surface area contributed by atoms with Crippen LogP contribution in [0.2, 0.25) is 15.1 Å². The molecule has 1 aromatic heterocycles. The van der Waals surface area contributed by atoms with Crippen molar-refractivity contribution in [2.45, 2.75) is 13.8 Å². The van der Waals surface area contributed by atoms with E-state index in [4.69, 9.17) is 39.5 Å². The second-order valence-electron chi connectivity index (χ2n) is 4.15. The zero-order valence-corrected chi connectivity index (χ0v) is 13.3. The van der Waals surface area contributed by atoms with Gasteiger partial charge < -0.3 is 10.1 Å². The first-order valence-electron chi connectivity index (χ1n) is 6.05. The molecule has 6 heteroatoms. The molecule has 0 aliphatic carbocycles. The van der Waals surface area contributed by atoms with Gasteiger partial charge in [0.05, 0.1) is 5.02 Å². The monoisotopic (exact) mass is 330 g/mol. The van der Waals surface area contributed by atoms with Crippen molar-refractivity contribution >= 4 is 40.6 Å². The topological polar surface area (TPSA) is 34.2 Å². The molecule has 1 aromatic carbocycles. The van der Waals surface area contributed by atoms with Crippen LogP contribution < -0.4 is 10.1 Å². The Kier molecular flexibility index (Phi) is 4.97. The van der Waals surface area contributed by atoms with Gasteiger partial charge >= 0.3 is 0 Å². The van der Waals surface area contributed by atoms with E-state index in [0.717, 1.165) is 5.56 Å². The van der Waals surface area contributed by atoms with Gasteiger partial charge in [0.15, 0.2) is 0 Å². The van der Waals surface area contributed by atoms with Crippen LogP contribution in [0, 0.1) is 6.92 Å². The van der Waals surface area contributed by atoms with Crippen molar-refractivity contribution in [3.63, 3.8) is 0 Å². The number of benzene rings is 1. The predicted octanol–water partition coefficient (Wildman–Crippen LogP) is 5.57. The largest absolute Gasteiger partial charge is 0.437 e. The average molecular weight is 332 g/mol. The van der Waals surface area contributed by atoms with Gasteiger partial charge in [-0.05, 0) is 43.7 Å². The third-order valence-electron chi connectivity index (χ3n) is 2.59. The predicted molar refractivity (Wildman–Crippen MR) is 84.7 cm³/mol. The highest BCUT2D eigenvalue weighted by Crippen LogP contribution is 2.34. The van der Waals surface area contributed by atoms with Gasteiger partial charge in [0.25, 0.3) is 0 Å². The van der Waals surface area contributed by atoms with Crippen molar-refractivity contribution in [1.82, 2.24) is 4.98 Å². The zero-order valence-electron chi connectivity index (χ0n) is 11.0. The number of nitrogens with one attached hydrogen (secondary N) is 1. The Bertz CT molecular complexity index is 632. The maximum Gasteiger partial charge on any atom is 0.240 e. The lowest BCUT2D eigenvalue weighted by Crippen LogP contribution is -2.01. The van der Waals surface area contributed by atoms with E-state index < -0.39 is 0 Å². The summed E-state index contributed by atoms with van der Waals surface area (Å²) in [6, 6.07) is 6.94. The van der Waals surface area contributed by atoms with Crippen LogP contribution in [0.15, 0.2) is 24.3 Å². The van der Waals surface area contributed by atoms with Crippen molar-refractivity contribution in [3.8, 4) is 11.6 Å². The first-order valence-corrected chi connectivity index (χ1v) is 7.18. The Labute approximate surface area is 132 Å². The van der Waals surface area contributed by atoms with Crippen molar-refractivity contribution < 1.29 is 4.74 Å². The molecule has 2 aromatic rings. The molecule has 0 bridgehead atoms. The van der Waals surface area contributed by atoms with Gasteiger partial charge in [-0.3, -0.25) is 0 Å². The minimum Gasteiger partial charge on any atom is -0.437 e. The van der Waals surface area contributed by atoms with E-state index in [1.165, 1.54) is 0 Å². The summed E-state index contributed by atoms with van der Waals surface area (Å²) in [4.78, 5) is 4.29. The summed E-state index contributed by atoms with van der Waals surface area (Å²) in [7, 11) is 0. The Balaban J connectivity index is 2.35. The Morgan fingerprint density at radius 3 is 2.55 bits per heavy atom. The molecule has 20 heavy (non-hydrogen) atoms. The van der Waals surface area contributed by atoms with Gasteiger partial charge in [0.2, 0.25) is 5.88 Å². The number of hydrogen-bond acceptors (Lipinski definition) is 3. The molecule has 0 amide bonds. The molecule has 0 fully saturated rings. The molecule has 106 valence electrons. The molecule has 0 radical (unpaired) electrons. The highest BCUT2D eigenvalue weighted by molar-refractivity contribution is 6.36. The summed E-state index contributed by atoms with van der Waals surface area (Å²) in [5, 5.41) is 4.51. The van der Waals surface area contributed by atoms with Crippen LogP contribution in [0.1, 0.15) is 12.5 Å². The molecule has 0 atom stereocenters. The van der Waals surface area contributed by atoms with Gasteiger partial charge in [-0.25, -0.2) is 0 Å². The Morgan fingerprint density at radius 2 is 1.90 bits per heavy atom. The Morgan fingerprint density at radius 1 is 1.15 bits per heavy atom. The third-order valence-corrected chi connectivity index (χ3v) is 3.38. The third kappa shape index (κ3) is 3.48. The quantitative estimate of drug-likeness (QED) is 0.794. The molecule has 2 rings (SSSR count). The molecule has 0 spiro atoms. The molecule has 0 saturated carbocycles. The van der Waals surface area contributed by atoms with Gasteiger partial charge in [-0.1, -0.05) is 34.8 Å². The molecule has 0 saturated heterocycles. The number of nitrogens with zero attached hydrogens (tertiary/aromatic N) is 1. The molecular formula is C14H13Cl3N2O. The van der Waals surface area contributed by atoms with E-state index >= 15 is 0 Å². The SMILES string of the molecule is CCNc1nc(Oc2ccc(Cl)cc2C)c(Cl)cc1Cl. The summed E-state index contributed by atoms with van der Waals surface area (Å²) in [5.41, 5.74) is 0.898. The van der Waals surface area contributed by atoms with Crippen LogP contribution in [0.4, 0.5) is 5.82 Å². The fraction of sp³-hybridized carbons (Fsp3) is 0.214. The lowest BCUT2D eigenvalue weighted by atomic mass is 10.2. The van der Waals surface area contributed by atoms with Crippen molar-refractivity contribution in [2.24, 2.45) is 0 Å². The highest BCUT2D eigenvalue weighted by Gasteiger charge is 2.12. The van der Waals surface area contributed by atoms with E-state index in [0.29, 0.717) is 39.1 Å². The molecule has 0 aliphatic rings. The van der Waals surface area contributed by atoms with E-state index in [9.17, 15) is 0 Å². The second kappa shape index (κ2) is 6.53. The van der Waals surface area contributed by atoms with Crippen LogP contribution in [0.3, 0.4) is 0 Å². The number of anilines is 1. The Hall–Kier alpha value is -1.16. The van der Waals surface area contributed by atoms with E-state index in [-0.39, 0.29) is 0 Å². The van der Waals surface area contributed by atoms with Crippen LogP contribution in [0.5, 0.6) is 11.6 Å². The molecule has 0 aliphatic heterocycles. The fourth-order valence-electron chi connectivity index (χ4n) is 1.64. The molecule has 1 heterocycles. The van der Waals surface area contributed by atoms with Crippen LogP contribution in [-0.4, -0.2) is 11.5 Å². The second-order valence-corrected chi connectivity index (χ2v) is 5.40. The number of ether oxygens (including phenoxy) is 1. The van der Waals surface area contributed by atoms with Crippen molar-refractivity contribution in [3.05, 3.63) is 44.9 Å². The van der Waals surface area contributed by atoms with Crippen LogP contribution in [0.25, 0.3) is 0 Å². The fourth-order valence-corrected chi connectivity index (χ4v) is 2.33. The molecular weight excluding hydrogens is 319 g/mol. The molecule has 1 N–H and O–H groups in total. The van der Waals surface area contributed by atoms with Crippen LogP contribution >= 0.6 is 34.8 Å². The number of aromatic nitrogens is 1. The van der Waals surface area contributed by atoms with Gasteiger partial charge in [0.1, 0.15) is 16.6 Å². The van der Waals surface area contributed by atoms with Gasteiger partial charge in [-0.2, -0.15) is 4.98 Å². The summed E-state index contributed by atoms with van der Waals surface area (Å²) < 4.78 is 5.74. The molecule has 3 nitrogen and oxygen atoms in total. The van der Waals surface area contributed by atoms with Crippen molar-refractivity contribution in [1.29, 1.82) is 0 Å². The minimum absolute atomic E-state index is 0.303. The number of rotatable bonds is 4. The lowest BCUT2D eigenvalue weighted by molar-refractivity contribution is 0.460. The van der Waals surface area contributed by atoms with Gasteiger partial charge in [0, 0.05) is 11.6 Å². The summed E-state index contributed by atoms with van der Waals surface area (Å²) in [5.74, 6) is 1.49. The smallest absolute Gasteiger partial charge is 0.240 e.